The number of halogens is 1. The molecule has 1 saturated heterocycles. The number of rotatable bonds is 4. The molecule has 0 bridgehead atoms. The van der Waals surface area contributed by atoms with Gasteiger partial charge in [-0.2, -0.15) is 0 Å². The molecule has 0 spiro atoms. The van der Waals surface area contributed by atoms with Gasteiger partial charge in [-0.15, -0.1) is 0 Å². The molecule has 0 saturated carbocycles. The number of nitrogens with two attached hydrogens (primary N) is 1. The third-order valence-electron chi connectivity index (χ3n) is 3.78. The Kier molecular flexibility index (Phi) is 5.25. The minimum Gasteiger partial charge on any atom is -0.381 e. The van der Waals surface area contributed by atoms with E-state index in [1.54, 1.807) is 0 Å². The Morgan fingerprint density at radius 1 is 1.42 bits per heavy atom. The molecule has 1 aromatic rings. The van der Waals surface area contributed by atoms with Gasteiger partial charge in [0.1, 0.15) is 0 Å². The summed E-state index contributed by atoms with van der Waals surface area (Å²) in [6, 6.07) is 6.47. The highest BCUT2D eigenvalue weighted by Gasteiger charge is 2.17. The van der Waals surface area contributed by atoms with Crippen molar-refractivity contribution in [2.24, 2.45) is 11.7 Å². The largest absolute Gasteiger partial charge is 0.381 e. The highest BCUT2D eigenvalue weighted by Crippen LogP contribution is 2.29. The number of benzene rings is 1. The molecular formula is C15H23BrN2O. The van der Waals surface area contributed by atoms with Crippen LogP contribution in [0.1, 0.15) is 31.4 Å². The van der Waals surface area contributed by atoms with E-state index in [2.05, 4.69) is 46.1 Å². The first-order valence-electron chi connectivity index (χ1n) is 6.92. The predicted octanol–water partition coefficient (Wildman–Crippen LogP) is 3.33. The third kappa shape index (κ3) is 3.94. The average Bonchev–Trinajstić information content (AvgIpc) is 2.39. The number of hydrogen-bond acceptors (Lipinski definition) is 3. The Labute approximate surface area is 124 Å². The molecule has 1 heterocycles. The Hall–Kier alpha value is -0.580. The van der Waals surface area contributed by atoms with E-state index in [0.29, 0.717) is 0 Å². The zero-order valence-corrected chi connectivity index (χ0v) is 13.3. The minimum atomic E-state index is 0.0751. The van der Waals surface area contributed by atoms with E-state index < -0.39 is 0 Å². The molecule has 3 nitrogen and oxygen atoms in total. The minimum absolute atomic E-state index is 0.0751. The van der Waals surface area contributed by atoms with E-state index in [1.807, 2.05) is 6.92 Å². The molecule has 19 heavy (non-hydrogen) atoms. The lowest BCUT2D eigenvalue weighted by Gasteiger charge is -2.29. The fraction of sp³-hybridized carbons (Fsp3) is 0.600. The van der Waals surface area contributed by atoms with Gasteiger partial charge in [-0.05, 0) is 59.3 Å². The van der Waals surface area contributed by atoms with Crippen molar-refractivity contribution in [1.82, 2.24) is 0 Å². The Balaban J connectivity index is 2.03. The van der Waals surface area contributed by atoms with E-state index in [-0.39, 0.29) is 6.04 Å². The van der Waals surface area contributed by atoms with Crippen LogP contribution >= 0.6 is 15.9 Å². The smallest absolute Gasteiger partial charge is 0.0508 e. The normalized spacial score (nSPS) is 18.3. The first kappa shape index (κ1) is 14.8. The molecule has 1 aliphatic heterocycles. The van der Waals surface area contributed by atoms with Gasteiger partial charge in [-0.25, -0.2) is 0 Å². The lowest BCUT2D eigenvalue weighted by molar-refractivity contribution is 0.0685. The molecule has 0 amide bonds. The molecule has 106 valence electrons. The standard InChI is InChI=1S/C15H23BrN2O/c1-11(17)13-3-4-15(14(16)9-13)18(2)10-12-5-7-19-8-6-12/h3-4,9,11-12H,5-8,10,17H2,1-2H3/t11-/m0/s1. The van der Waals surface area contributed by atoms with Gasteiger partial charge in [0.2, 0.25) is 0 Å². The quantitative estimate of drug-likeness (QED) is 0.922. The van der Waals surface area contributed by atoms with Crippen LogP contribution in [0.4, 0.5) is 5.69 Å². The zero-order chi connectivity index (χ0) is 13.8. The molecule has 1 atom stereocenters. The van der Waals surface area contributed by atoms with Gasteiger partial charge < -0.3 is 15.4 Å². The second kappa shape index (κ2) is 6.73. The maximum atomic E-state index is 5.91. The molecule has 0 radical (unpaired) electrons. The Morgan fingerprint density at radius 2 is 2.11 bits per heavy atom. The Morgan fingerprint density at radius 3 is 2.68 bits per heavy atom. The average molecular weight is 327 g/mol. The maximum absolute atomic E-state index is 5.91. The maximum Gasteiger partial charge on any atom is 0.0508 e. The number of ether oxygens (including phenoxy) is 1. The summed E-state index contributed by atoms with van der Waals surface area (Å²) in [5.41, 5.74) is 8.30. The molecule has 0 aliphatic carbocycles. The molecule has 2 N–H and O–H groups in total. The lowest BCUT2D eigenvalue weighted by atomic mass is 9.99. The van der Waals surface area contributed by atoms with Crippen molar-refractivity contribution < 1.29 is 4.74 Å². The van der Waals surface area contributed by atoms with Crippen LogP contribution < -0.4 is 10.6 Å². The predicted molar refractivity (Wildman–Crippen MR) is 83.6 cm³/mol. The highest BCUT2D eigenvalue weighted by molar-refractivity contribution is 9.10. The van der Waals surface area contributed by atoms with Crippen LogP contribution in [0.25, 0.3) is 0 Å². The van der Waals surface area contributed by atoms with Crippen molar-refractivity contribution in [3.63, 3.8) is 0 Å². The monoisotopic (exact) mass is 326 g/mol. The SMILES string of the molecule is C[C@H](N)c1ccc(N(C)CC2CCOCC2)c(Br)c1. The van der Waals surface area contributed by atoms with Crippen molar-refractivity contribution in [1.29, 1.82) is 0 Å². The van der Waals surface area contributed by atoms with Crippen LogP contribution in [-0.4, -0.2) is 26.8 Å². The van der Waals surface area contributed by atoms with E-state index in [1.165, 1.54) is 18.5 Å². The molecule has 4 heteroatoms. The first-order chi connectivity index (χ1) is 9.08. The number of hydrogen-bond donors (Lipinski definition) is 1. The van der Waals surface area contributed by atoms with Gasteiger partial charge in [0.15, 0.2) is 0 Å². The summed E-state index contributed by atoms with van der Waals surface area (Å²) in [5.74, 6) is 0.735. The van der Waals surface area contributed by atoms with Gasteiger partial charge >= 0.3 is 0 Å². The summed E-state index contributed by atoms with van der Waals surface area (Å²) in [5, 5.41) is 0. The second-order valence-electron chi connectivity index (χ2n) is 5.44. The van der Waals surface area contributed by atoms with Gasteiger partial charge in [0, 0.05) is 37.3 Å². The second-order valence-corrected chi connectivity index (χ2v) is 6.29. The molecule has 1 aromatic carbocycles. The molecular weight excluding hydrogens is 304 g/mol. The zero-order valence-electron chi connectivity index (χ0n) is 11.7. The number of nitrogens with zero attached hydrogens (tertiary/aromatic N) is 1. The highest BCUT2D eigenvalue weighted by atomic mass is 79.9. The molecule has 0 aromatic heterocycles. The van der Waals surface area contributed by atoms with Gasteiger partial charge in [0.05, 0.1) is 5.69 Å². The topological polar surface area (TPSA) is 38.5 Å². The third-order valence-corrected chi connectivity index (χ3v) is 4.42. The van der Waals surface area contributed by atoms with E-state index in [9.17, 15) is 0 Å². The summed E-state index contributed by atoms with van der Waals surface area (Å²) in [4.78, 5) is 2.32. The van der Waals surface area contributed by atoms with Gasteiger partial charge in [-0.3, -0.25) is 0 Å². The summed E-state index contributed by atoms with van der Waals surface area (Å²) in [6.07, 6.45) is 2.33. The van der Waals surface area contributed by atoms with E-state index in [4.69, 9.17) is 10.5 Å². The summed E-state index contributed by atoms with van der Waals surface area (Å²) >= 11 is 3.66. The molecule has 1 fully saturated rings. The van der Waals surface area contributed by atoms with Crippen molar-refractivity contribution in [3.8, 4) is 0 Å². The lowest BCUT2D eigenvalue weighted by Crippen LogP contribution is -2.29. The summed E-state index contributed by atoms with van der Waals surface area (Å²) < 4.78 is 6.53. The van der Waals surface area contributed by atoms with E-state index in [0.717, 1.165) is 35.7 Å². The van der Waals surface area contributed by atoms with E-state index >= 15 is 0 Å². The van der Waals surface area contributed by atoms with Crippen molar-refractivity contribution in [3.05, 3.63) is 28.2 Å². The van der Waals surface area contributed by atoms with Crippen LogP contribution in [0.2, 0.25) is 0 Å². The van der Waals surface area contributed by atoms with Gasteiger partial charge in [-0.1, -0.05) is 6.07 Å². The fourth-order valence-corrected chi connectivity index (χ4v) is 3.23. The van der Waals surface area contributed by atoms with Crippen molar-refractivity contribution in [2.75, 3.05) is 31.7 Å². The van der Waals surface area contributed by atoms with Crippen LogP contribution in [0, 0.1) is 5.92 Å². The molecule has 0 unspecified atom stereocenters. The Bertz CT molecular complexity index is 417. The first-order valence-corrected chi connectivity index (χ1v) is 7.71. The summed E-state index contributed by atoms with van der Waals surface area (Å²) in [6.45, 7) is 4.90. The fourth-order valence-electron chi connectivity index (χ4n) is 2.53. The van der Waals surface area contributed by atoms with Crippen LogP contribution in [0.3, 0.4) is 0 Å². The summed E-state index contributed by atoms with van der Waals surface area (Å²) in [7, 11) is 2.15. The molecule has 2 rings (SSSR count). The van der Waals surface area contributed by atoms with Gasteiger partial charge in [0.25, 0.3) is 0 Å². The van der Waals surface area contributed by atoms with Crippen LogP contribution in [0.15, 0.2) is 22.7 Å². The van der Waals surface area contributed by atoms with Crippen LogP contribution in [-0.2, 0) is 4.74 Å². The molecule has 1 aliphatic rings. The van der Waals surface area contributed by atoms with Crippen molar-refractivity contribution in [2.45, 2.75) is 25.8 Å². The number of anilines is 1. The van der Waals surface area contributed by atoms with Crippen molar-refractivity contribution >= 4 is 21.6 Å². The van der Waals surface area contributed by atoms with Crippen LogP contribution in [0.5, 0.6) is 0 Å².